The number of hydrogen-bond donors (Lipinski definition) is 1. The van der Waals surface area contributed by atoms with Gasteiger partial charge in [0.1, 0.15) is 18.2 Å². The summed E-state index contributed by atoms with van der Waals surface area (Å²) in [4.78, 5) is 22.4. The molecule has 0 saturated heterocycles. The second kappa shape index (κ2) is 7.40. The average Bonchev–Trinajstić information content (AvgIpc) is 2.61. The Morgan fingerprint density at radius 3 is 2.68 bits per heavy atom. The van der Waals surface area contributed by atoms with Crippen LogP contribution >= 0.6 is 11.6 Å². The molecule has 0 spiro atoms. The standard InChI is InChI=1S/C17H15ClN2O5/c18-13-4-3-12(10-14(13)20(22)23)19-17(21)6-2-11-1-5-15-16(9-11)25-8-7-24-15/h1,3-5,9-10H,2,6-8H2,(H,19,21). The third-order valence-corrected chi connectivity index (χ3v) is 3.99. The highest BCUT2D eigenvalue weighted by Gasteiger charge is 2.15. The number of benzene rings is 2. The lowest BCUT2D eigenvalue weighted by molar-refractivity contribution is -0.384. The van der Waals surface area contributed by atoms with E-state index in [9.17, 15) is 14.9 Å². The third-order valence-electron chi connectivity index (χ3n) is 3.67. The topological polar surface area (TPSA) is 90.7 Å². The summed E-state index contributed by atoms with van der Waals surface area (Å²) in [6.45, 7) is 1.04. The van der Waals surface area contributed by atoms with Crippen molar-refractivity contribution in [3.8, 4) is 11.5 Å². The highest BCUT2D eigenvalue weighted by molar-refractivity contribution is 6.32. The van der Waals surface area contributed by atoms with Gasteiger partial charge >= 0.3 is 0 Å². The number of nitrogens with one attached hydrogen (secondary N) is 1. The first-order chi connectivity index (χ1) is 12.0. The van der Waals surface area contributed by atoms with Crippen molar-refractivity contribution in [3.05, 3.63) is 57.1 Å². The maximum Gasteiger partial charge on any atom is 0.289 e. The molecule has 25 heavy (non-hydrogen) atoms. The second-order valence-corrected chi connectivity index (χ2v) is 5.86. The number of aryl methyl sites for hydroxylation is 1. The van der Waals surface area contributed by atoms with Crippen molar-refractivity contribution < 1.29 is 19.2 Å². The number of nitro groups is 1. The molecular formula is C17H15ClN2O5. The van der Waals surface area contributed by atoms with Crippen LogP contribution in [0.4, 0.5) is 11.4 Å². The van der Waals surface area contributed by atoms with Crippen LogP contribution in [-0.4, -0.2) is 24.0 Å². The van der Waals surface area contributed by atoms with Crippen LogP contribution in [0, 0.1) is 10.1 Å². The molecule has 2 aromatic rings. The normalized spacial score (nSPS) is 12.5. The van der Waals surface area contributed by atoms with Crippen molar-refractivity contribution in [1.29, 1.82) is 0 Å². The Balaban J connectivity index is 1.60. The highest BCUT2D eigenvalue weighted by Crippen LogP contribution is 2.31. The number of nitrogens with zero attached hydrogens (tertiary/aromatic N) is 1. The number of nitro benzene ring substituents is 1. The largest absolute Gasteiger partial charge is 0.486 e. The van der Waals surface area contributed by atoms with E-state index >= 15 is 0 Å². The van der Waals surface area contributed by atoms with E-state index in [4.69, 9.17) is 21.1 Å². The molecule has 1 aliphatic heterocycles. The minimum absolute atomic E-state index is 0.0271. The van der Waals surface area contributed by atoms with E-state index in [-0.39, 0.29) is 23.0 Å². The lowest BCUT2D eigenvalue weighted by atomic mass is 10.1. The molecule has 0 saturated carbocycles. The number of ether oxygens (including phenoxy) is 2. The fourth-order valence-corrected chi connectivity index (χ4v) is 2.64. The van der Waals surface area contributed by atoms with Crippen molar-refractivity contribution >= 4 is 28.9 Å². The predicted molar refractivity (Wildman–Crippen MR) is 92.5 cm³/mol. The quantitative estimate of drug-likeness (QED) is 0.648. The molecule has 3 rings (SSSR count). The zero-order chi connectivity index (χ0) is 17.8. The molecule has 0 atom stereocenters. The number of fused-ring (bicyclic) bond motifs is 1. The van der Waals surface area contributed by atoms with Crippen LogP contribution in [0.15, 0.2) is 36.4 Å². The van der Waals surface area contributed by atoms with Crippen molar-refractivity contribution in [1.82, 2.24) is 0 Å². The molecule has 0 unspecified atom stereocenters. The minimum atomic E-state index is -0.590. The van der Waals surface area contributed by atoms with Gasteiger partial charge in [-0.1, -0.05) is 17.7 Å². The van der Waals surface area contributed by atoms with Crippen LogP contribution < -0.4 is 14.8 Å². The Morgan fingerprint density at radius 1 is 1.16 bits per heavy atom. The maximum absolute atomic E-state index is 12.1. The number of halogens is 1. The fourth-order valence-electron chi connectivity index (χ4n) is 2.45. The molecule has 1 amide bonds. The van der Waals surface area contributed by atoms with Crippen molar-refractivity contribution in [2.45, 2.75) is 12.8 Å². The molecule has 0 fully saturated rings. The molecule has 0 aromatic heterocycles. The van der Waals surface area contributed by atoms with Crippen molar-refractivity contribution in [3.63, 3.8) is 0 Å². The van der Waals surface area contributed by atoms with Crippen LogP contribution in [0.1, 0.15) is 12.0 Å². The van der Waals surface area contributed by atoms with Gasteiger partial charge in [-0.25, -0.2) is 0 Å². The first-order valence-corrected chi connectivity index (χ1v) is 8.03. The van der Waals surface area contributed by atoms with Crippen LogP contribution in [0.2, 0.25) is 5.02 Å². The summed E-state index contributed by atoms with van der Waals surface area (Å²) in [5.41, 5.74) is 1.04. The van der Waals surface area contributed by atoms with Gasteiger partial charge < -0.3 is 14.8 Å². The van der Waals surface area contributed by atoms with Gasteiger partial charge in [0.25, 0.3) is 5.69 Å². The molecule has 1 heterocycles. The van der Waals surface area contributed by atoms with E-state index in [1.165, 1.54) is 18.2 Å². The van der Waals surface area contributed by atoms with Gasteiger partial charge in [-0.05, 0) is 36.2 Å². The molecule has 7 nitrogen and oxygen atoms in total. The predicted octanol–water partition coefficient (Wildman–Crippen LogP) is 3.59. The van der Waals surface area contributed by atoms with Crippen molar-refractivity contribution in [2.75, 3.05) is 18.5 Å². The Kier molecular flexibility index (Phi) is 5.04. The Bertz CT molecular complexity index is 825. The Hall–Kier alpha value is -2.80. The second-order valence-electron chi connectivity index (χ2n) is 5.45. The molecule has 1 N–H and O–H groups in total. The first kappa shape index (κ1) is 17.0. The molecule has 0 radical (unpaired) electrons. The Morgan fingerprint density at radius 2 is 1.92 bits per heavy atom. The molecule has 2 aromatic carbocycles. The lowest BCUT2D eigenvalue weighted by Crippen LogP contribution is -2.15. The highest BCUT2D eigenvalue weighted by atomic mass is 35.5. The van der Waals surface area contributed by atoms with Crippen LogP contribution in [0.3, 0.4) is 0 Å². The van der Waals surface area contributed by atoms with E-state index < -0.39 is 4.92 Å². The molecule has 0 bridgehead atoms. The van der Waals surface area contributed by atoms with Gasteiger partial charge in [0.05, 0.1) is 4.92 Å². The third kappa shape index (κ3) is 4.19. The van der Waals surface area contributed by atoms with E-state index in [2.05, 4.69) is 5.32 Å². The van der Waals surface area contributed by atoms with Gasteiger partial charge in [0, 0.05) is 18.2 Å². The van der Waals surface area contributed by atoms with E-state index in [0.717, 1.165) is 5.56 Å². The molecule has 130 valence electrons. The van der Waals surface area contributed by atoms with Gasteiger partial charge in [-0.15, -0.1) is 0 Å². The van der Waals surface area contributed by atoms with Crippen molar-refractivity contribution in [2.24, 2.45) is 0 Å². The summed E-state index contributed by atoms with van der Waals surface area (Å²) in [7, 11) is 0. The van der Waals surface area contributed by atoms with Crippen LogP contribution in [-0.2, 0) is 11.2 Å². The van der Waals surface area contributed by atoms with E-state index in [1.54, 1.807) is 0 Å². The van der Waals surface area contributed by atoms with Gasteiger partial charge in [-0.3, -0.25) is 14.9 Å². The van der Waals surface area contributed by atoms with Gasteiger partial charge in [0.15, 0.2) is 11.5 Å². The number of amides is 1. The molecule has 8 heteroatoms. The van der Waals surface area contributed by atoms with Crippen LogP contribution in [0.5, 0.6) is 11.5 Å². The van der Waals surface area contributed by atoms with Gasteiger partial charge in [0.2, 0.25) is 5.91 Å². The smallest absolute Gasteiger partial charge is 0.289 e. The average molecular weight is 363 g/mol. The minimum Gasteiger partial charge on any atom is -0.486 e. The zero-order valence-electron chi connectivity index (χ0n) is 13.2. The number of rotatable bonds is 5. The Labute approximate surface area is 148 Å². The maximum atomic E-state index is 12.1. The summed E-state index contributed by atoms with van der Waals surface area (Å²) in [5.74, 6) is 1.14. The SMILES string of the molecule is O=C(CCc1ccc2c(c1)OCCO2)Nc1ccc(Cl)c([N+](=O)[O-])c1. The molecule has 1 aliphatic rings. The number of hydrogen-bond acceptors (Lipinski definition) is 5. The van der Waals surface area contributed by atoms with E-state index in [0.29, 0.717) is 36.8 Å². The number of carbonyl (C=O) groups excluding carboxylic acids is 1. The summed E-state index contributed by atoms with van der Waals surface area (Å²) in [6, 6.07) is 9.71. The number of carbonyl (C=O) groups is 1. The summed E-state index contributed by atoms with van der Waals surface area (Å²) in [5, 5.41) is 13.5. The summed E-state index contributed by atoms with van der Waals surface area (Å²) in [6.07, 6.45) is 0.744. The summed E-state index contributed by atoms with van der Waals surface area (Å²) < 4.78 is 11.0. The summed E-state index contributed by atoms with van der Waals surface area (Å²) >= 11 is 5.75. The van der Waals surface area contributed by atoms with E-state index in [1.807, 2.05) is 18.2 Å². The number of anilines is 1. The van der Waals surface area contributed by atoms with Gasteiger partial charge in [-0.2, -0.15) is 0 Å². The lowest BCUT2D eigenvalue weighted by Gasteiger charge is -2.18. The monoisotopic (exact) mass is 362 g/mol. The molecular weight excluding hydrogens is 348 g/mol. The van der Waals surface area contributed by atoms with Crippen LogP contribution in [0.25, 0.3) is 0 Å². The zero-order valence-corrected chi connectivity index (χ0v) is 13.9. The first-order valence-electron chi connectivity index (χ1n) is 7.65. The molecule has 0 aliphatic carbocycles. The fraction of sp³-hybridized carbons (Fsp3) is 0.235.